The van der Waals surface area contributed by atoms with Crippen LogP contribution >= 0.6 is 0 Å². The van der Waals surface area contributed by atoms with Crippen molar-refractivity contribution >= 4 is 11.8 Å². The molecule has 2 aromatic rings. The average Bonchev–Trinajstić information content (AvgIpc) is 2.93. The normalized spacial score (nSPS) is 15.5. The number of carbonyl (C=O) groups excluding carboxylic acids is 2. The Morgan fingerprint density at radius 3 is 2.65 bits per heavy atom. The van der Waals surface area contributed by atoms with Crippen LogP contribution in [0.2, 0.25) is 0 Å². The number of pyridine rings is 1. The van der Waals surface area contributed by atoms with Gasteiger partial charge in [0.2, 0.25) is 0 Å². The average molecular weight is 356 g/mol. The van der Waals surface area contributed by atoms with E-state index in [-0.39, 0.29) is 11.8 Å². The summed E-state index contributed by atoms with van der Waals surface area (Å²) in [7, 11) is 3.47. The second kappa shape index (κ2) is 8.09. The van der Waals surface area contributed by atoms with Gasteiger partial charge in [0, 0.05) is 64.8 Å². The van der Waals surface area contributed by atoms with Crippen LogP contribution in [0.25, 0.3) is 0 Å². The first-order valence-corrected chi connectivity index (χ1v) is 8.74. The summed E-state index contributed by atoms with van der Waals surface area (Å²) in [6.07, 6.45) is 6.31. The third-order valence-corrected chi connectivity index (χ3v) is 4.51. The first-order chi connectivity index (χ1) is 12.6. The van der Waals surface area contributed by atoms with Crippen molar-refractivity contribution in [2.24, 2.45) is 7.05 Å². The first kappa shape index (κ1) is 18.1. The monoisotopic (exact) mass is 356 g/mol. The summed E-state index contributed by atoms with van der Waals surface area (Å²) in [4.78, 5) is 32.6. The maximum absolute atomic E-state index is 12.7. The molecule has 1 aliphatic heterocycles. The number of aryl methyl sites for hydroxylation is 1. The predicted molar refractivity (Wildman–Crippen MR) is 96.6 cm³/mol. The highest BCUT2D eigenvalue weighted by Crippen LogP contribution is 2.12. The number of nitrogens with one attached hydrogen (secondary N) is 1. The maximum Gasteiger partial charge on any atom is 0.269 e. The molecule has 0 unspecified atom stereocenters. The van der Waals surface area contributed by atoms with Crippen LogP contribution in [0.1, 0.15) is 32.8 Å². The highest BCUT2D eigenvalue weighted by Gasteiger charge is 2.21. The number of nitrogens with zero attached hydrogens (tertiary/aromatic N) is 5. The largest absolute Gasteiger partial charge is 0.354 e. The van der Waals surface area contributed by atoms with Gasteiger partial charge in [0.05, 0.1) is 11.8 Å². The molecule has 138 valence electrons. The summed E-state index contributed by atoms with van der Waals surface area (Å²) in [6, 6.07) is 3.25. The molecule has 1 saturated heterocycles. The van der Waals surface area contributed by atoms with Crippen LogP contribution < -0.4 is 5.32 Å². The van der Waals surface area contributed by atoms with E-state index in [4.69, 9.17) is 0 Å². The standard InChI is InChI=1S/C18H24N6O2/c1-19-17(25)16-5-4-15(11-20-16)18(26)24-7-3-6-23(8-9-24)13-14-10-21-22(2)12-14/h4-5,10-12H,3,6-9,13H2,1-2H3,(H,19,25). The molecule has 8 nitrogen and oxygen atoms in total. The summed E-state index contributed by atoms with van der Waals surface area (Å²) < 4.78 is 1.80. The molecule has 26 heavy (non-hydrogen) atoms. The van der Waals surface area contributed by atoms with Gasteiger partial charge in [0.1, 0.15) is 5.69 Å². The first-order valence-electron chi connectivity index (χ1n) is 8.74. The van der Waals surface area contributed by atoms with Crippen molar-refractivity contribution in [3.05, 3.63) is 47.5 Å². The van der Waals surface area contributed by atoms with E-state index in [9.17, 15) is 9.59 Å². The zero-order valence-corrected chi connectivity index (χ0v) is 15.2. The fourth-order valence-corrected chi connectivity index (χ4v) is 3.11. The van der Waals surface area contributed by atoms with Crippen LogP contribution in [0.4, 0.5) is 0 Å². The lowest BCUT2D eigenvalue weighted by molar-refractivity contribution is 0.0760. The van der Waals surface area contributed by atoms with E-state index in [1.165, 1.54) is 11.8 Å². The van der Waals surface area contributed by atoms with Crippen LogP contribution in [-0.4, -0.2) is 69.6 Å². The molecule has 0 bridgehead atoms. The molecule has 0 spiro atoms. The van der Waals surface area contributed by atoms with Gasteiger partial charge in [-0.15, -0.1) is 0 Å². The van der Waals surface area contributed by atoms with Crippen molar-refractivity contribution in [2.75, 3.05) is 33.2 Å². The van der Waals surface area contributed by atoms with E-state index in [0.717, 1.165) is 32.6 Å². The minimum atomic E-state index is -0.259. The fourth-order valence-electron chi connectivity index (χ4n) is 3.11. The summed E-state index contributed by atoms with van der Waals surface area (Å²) in [5.41, 5.74) is 2.00. The van der Waals surface area contributed by atoms with Gasteiger partial charge in [0.25, 0.3) is 11.8 Å². The predicted octanol–water partition coefficient (Wildman–Crippen LogP) is 0.523. The molecule has 1 N–H and O–H groups in total. The van der Waals surface area contributed by atoms with Gasteiger partial charge < -0.3 is 10.2 Å². The van der Waals surface area contributed by atoms with Gasteiger partial charge in [-0.2, -0.15) is 5.10 Å². The second-order valence-corrected chi connectivity index (χ2v) is 6.46. The molecule has 1 fully saturated rings. The molecule has 0 radical (unpaired) electrons. The molecule has 1 aliphatic rings. The molecule has 0 aromatic carbocycles. The van der Waals surface area contributed by atoms with E-state index in [0.29, 0.717) is 17.8 Å². The molecule has 0 aliphatic carbocycles. The minimum Gasteiger partial charge on any atom is -0.354 e. The summed E-state index contributed by atoms with van der Waals surface area (Å²) in [5, 5.41) is 6.72. The van der Waals surface area contributed by atoms with Gasteiger partial charge in [-0.25, -0.2) is 0 Å². The Morgan fingerprint density at radius 2 is 2.00 bits per heavy atom. The third-order valence-electron chi connectivity index (χ3n) is 4.51. The van der Waals surface area contributed by atoms with Crippen molar-refractivity contribution in [1.82, 2.24) is 29.9 Å². The van der Waals surface area contributed by atoms with E-state index in [2.05, 4.69) is 20.3 Å². The van der Waals surface area contributed by atoms with E-state index in [1.54, 1.807) is 23.9 Å². The van der Waals surface area contributed by atoms with Crippen LogP contribution in [0.3, 0.4) is 0 Å². The second-order valence-electron chi connectivity index (χ2n) is 6.46. The lowest BCUT2D eigenvalue weighted by Crippen LogP contribution is -2.35. The molecule has 2 aromatic heterocycles. The Labute approximate surface area is 152 Å². The highest BCUT2D eigenvalue weighted by molar-refractivity contribution is 5.96. The molecule has 3 rings (SSSR count). The molecule has 3 heterocycles. The zero-order valence-electron chi connectivity index (χ0n) is 15.2. The summed E-state index contributed by atoms with van der Waals surface area (Å²) in [5.74, 6) is -0.297. The Bertz CT molecular complexity index is 770. The van der Waals surface area contributed by atoms with Gasteiger partial charge in [-0.1, -0.05) is 0 Å². The molecular formula is C18H24N6O2. The van der Waals surface area contributed by atoms with E-state index < -0.39 is 0 Å². The number of aromatic nitrogens is 3. The van der Waals surface area contributed by atoms with Crippen LogP contribution in [-0.2, 0) is 13.6 Å². The Hall–Kier alpha value is -2.74. The number of carbonyl (C=O) groups is 2. The fraction of sp³-hybridized carbons (Fsp3) is 0.444. The van der Waals surface area contributed by atoms with E-state index >= 15 is 0 Å². The van der Waals surface area contributed by atoms with E-state index in [1.807, 2.05) is 24.3 Å². The molecule has 0 saturated carbocycles. The highest BCUT2D eigenvalue weighted by atomic mass is 16.2. The SMILES string of the molecule is CNC(=O)c1ccc(C(=O)N2CCCN(Cc3cnn(C)c3)CC2)cn1. The van der Waals surface area contributed by atoms with Gasteiger partial charge in [0.15, 0.2) is 0 Å². The molecular weight excluding hydrogens is 332 g/mol. The van der Waals surface area contributed by atoms with Gasteiger partial charge in [-0.05, 0) is 18.6 Å². The topological polar surface area (TPSA) is 83.4 Å². The Kier molecular flexibility index (Phi) is 5.62. The number of hydrogen-bond acceptors (Lipinski definition) is 5. The molecule has 0 atom stereocenters. The van der Waals surface area contributed by atoms with Crippen molar-refractivity contribution < 1.29 is 9.59 Å². The Morgan fingerprint density at radius 1 is 1.15 bits per heavy atom. The van der Waals surface area contributed by atoms with Crippen molar-refractivity contribution in [3.63, 3.8) is 0 Å². The summed E-state index contributed by atoms with van der Waals surface area (Å²) in [6.45, 7) is 4.02. The van der Waals surface area contributed by atoms with Crippen LogP contribution in [0, 0.1) is 0 Å². The third kappa shape index (κ3) is 4.26. The maximum atomic E-state index is 12.7. The van der Waals surface area contributed by atoms with Crippen molar-refractivity contribution in [3.8, 4) is 0 Å². The lowest BCUT2D eigenvalue weighted by Gasteiger charge is -2.21. The Balaban J connectivity index is 1.59. The van der Waals surface area contributed by atoms with Gasteiger partial charge in [-0.3, -0.25) is 24.2 Å². The van der Waals surface area contributed by atoms with Crippen LogP contribution in [0.5, 0.6) is 0 Å². The quantitative estimate of drug-likeness (QED) is 0.864. The zero-order chi connectivity index (χ0) is 18.5. The number of rotatable bonds is 4. The number of hydrogen-bond donors (Lipinski definition) is 1. The van der Waals surface area contributed by atoms with Crippen molar-refractivity contribution in [2.45, 2.75) is 13.0 Å². The van der Waals surface area contributed by atoms with Crippen molar-refractivity contribution in [1.29, 1.82) is 0 Å². The molecule has 8 heteroatoms. The minimum absolute atomic E-state index is 0.0378. The van der Waals surface area contributed by atoms with Crippen LogP contribution in [0.15, 0.2) is 30.7 Å². The number of amides is 2. The molecule has 2 amide bonds. The smallest absolute Gasteiger partial charge is 0.269 e. The van der Waals surface area contributed by atoms with Gasteiger partial charge >= 0.3 is 0 Å². The summed E-state index contributed by atoms with van der Waals surface area (Å²) >= 11 is 0. The lowest BCUT2D eigenvalue weighted by atomic mass is 10.2.